The van der Waals surface area contributed by atoms with Crippen LogP contribution in [0.15, 0.2) is 65.3 Å². The molecule has 4 rings (SSSR count). The summed E-state index contributed by atoms with van der Waals surface area (Å²) in [5.74, 6) is -2.89. The van der Waals surface area contributed by atoms with Gasteiger partial charge in [-0.05, 0) is 62.2 Å². The zero-order chi connectivity index (χ0) is 22.3. The van der Waals surface area contributed by atoms with Gasteiger partial charge in [-0.3, -0.25) is 19.7 Å². The number of hydrogen-bond donors (Lipinski definition) is 1. The van der Waals surface area contributed by atoms with E-state index in [1.54, 1.807) is 49.4 Å². The Labute approximate surface area is 178 Å². The molecule has 0 bridgehead atoms. The van der Waals surface area contributed by atoms with Crippen LogP contribution in [0.2, 0.25) is 0 Å². The third-order valence-corrected chi connectivity index (χ3v) is 5.37. The molecule has 2 aromatic rings. The number of anilines is 2. The van der Waals surface area contributed by atoms with Gasteiger partial charge in [0.1, 0.15) is 5.57 Å². The molecule has 1 atom stereocenters. The molecule has 5 amide bonds. The molecular formula is C23H20N4O4. The third-order valence-electron chi connectivity index (χ3n) is 5.37. The Kier molecular flexibility index (Phi) is 4.98. The second-order valence-corrected chi connectivity index (χ2v) is 7.45. The number of nitrogens with zero attached hydrogens (tertiary/aromatic N) is 3. The lowest BCUT2D eigenvalue weighted by molar-refractivity contribution is -0.122. The maximum Gasteiger partial charge on any atom is 0.335 e. The smallest absolute Gasteiger partial charge is 0.273 e. The second-order valence-electron chi connectivity index (χ2n) is 7.45. The van der Waals surface area contributed by atoms with Crippen LogP contribution in [0.3, 0.4) is 0 Å². The van der Waals surface area contributed by atoms with E-state index in [2.05, 4.69) is 10.4 Å². The summed E-state index contributed by atoms with van der Waals surface area (Å²) in [5.41, 5.74) is 2.99. The Hall–Kier alpha value is -4.07. The first kappa shape index (κ1) is 20.2. The number of urea groups is 1. The Bertz CT molecular complexity index is 1180. The van der Waals surface area contributed by atoms with Crippen molar-refractivity contribution in [3.63, 3.8) is 0 Å². The number of aryl methyl sites for hydroxylation is 2. The number of hydrogen-bond acceptors (Lipinski definition) is 5. The quantitative estimate of drug-likeness (QED) is 0.614. The highest BCUT2D eigenvalue weighted by molar-refractivity contribution is 6.38. The largest absolute Gasteiger partial charge is 0.335 e. The third kappa shape index (κ3) is 3.52. The minimum absolute atomic E-state index is 0.277. The number of imide groups is 2. The molecule has 156 valence electrons. The molecule has 8 heteroatoms. The first-order chi connectivity index (χ1) is 14.8. The normalized spacial score (nSPS) is 20.4. The molecule has 2 aliphatic heterocycles. The van der Waals surface area contributed by atoms with Gasteiger partial charge in [-0.25, -0.2) is 9.69 Å². The van der Waals surface area contributed by atoms with Crippen molar-refractivity contribution >= 4 is 40.8 Å². The van der Waals surface area contributed by atoms with E-state index in [1.807, 2.05) is 19.9 Å². The summed E-state index contributed by atoms with van der Waals surface area (Å²) >= 11 is 0. The monoisotopic (exact) mass is 416 g/mol. The van der Waals surface area contributed by atoms with Crippen LogP contribution in [-0.2, 0) is 14.4 Å². The van der Waals surface area contributed by atoms with Gasteiger partial charge in [0.2, 0.25) is 0 Å². The van der Waals surface area contributed by atoms with Gasteiger partial charge in [0.25, 0.3) is 17.7 Å². The predicted octanol–water partition coefficient (Wildman–Crippen LogP) is 2.85. The number of amides is 5. The Balaban J connectivity index is 1.68. The van der Waals surface area contributed by atoms with Crippen molar-refractivity contribution in [2.45, 2.75) is 20.8 Å². The highest BCUT2D eigenvalue weighted by Gasteiger charge is 2.40. The van der Waals surface area contributed by atoms with Crippen LogP contribution >= 0.6 is 0 Å². The van der Waals surface area contributed by atoms with Gasteiger partial charge >= 0.3 is 6.03 Å². The van der Waals surface area contributed by atoms with Crippen molar-refractivity contribution in [2.75, 3.05) is 9.91 Å². The number of hydrazone groups is 1. The molecule has 1 saturated heterocycles. The molecule has 8 nitrogen and oxygen atoms in total. The highest BCUT2D eigenvalue weighted by Crippen LogP contribution is 2.28. The predicted molar refractivity (Wildman–Crippen MR) is 116 cm³/mol. The van der Waals surface area contributed by atoms with E-state index in [4.69, 9.17) is 0 Å². The summed E-state index contributed by atoms with van der Waals surface area (Å²) in [6.45, 7) is 5.43. The van der Waals surface area contributed by atoms with E-state index in [9.17, 15) is 19.2 Å². The fourth-order valence-corrected chi connectivity index (χ4v) is 3.47. The van der Waals surface area contributed by atoms with Gasteiger partial charge < -0.3 is 0 Å². The summed E-state index contributed by atoms with van der Waals surface area (Å²) in [4.78, 5) is 51.8. The standard InChI is InChI=1S/C23H20N4O4/c1-13-9-10-17(11-14(13)2)26-21(29)19(20(28)24-23(26)31)12-18-15(3)25-27(22(18)30)16-7-5-4-6-8-16/h4-12,18H,1-3H3,(H,24,28,31)/b19-12+/t18-/m0/s1. The minimum Gasteiger partial charge on any atom is -0.273 e. The molecule has 0 aromatic heterocycles. The van der Waals surface area contributed by atoms with E-state index in [0.29, 0.717) is 17.1 Å². The van der Waals surface area contributed by atoms with Crippen molar-refractivity contribution < 1.29 is 19.2 Å². The van der Waals surface area contributed by atoms with E-state index in [0.717, 1.165) is 16.0 Å². The molecule has 0 radical (unpaired) electrons. The number of barbiturate groups is 1. The van der Waals surface area contributed by atoms with Gasteiger partial charge in [0.15, 0.2) is 0 Å². The zero-order valence-corrected chi connectivity index (χ0v) is 17.2. The lowest BCUT2D eigenvalue weighted by Crippen LogP contribution is -2.54. The Morgan fingerprint density at radius 3 is 2.29 bits per heavy atom. The molecule has 0 aliphatic carbocycles. The molecule has 0 spiro atoms. The maximum absolute atomic E-state index is 13.1. The fourth-order valence-electron chi connectivity index (χ4n) is 3.47. The van der Waals surface area contributed by atoms with Crippen LogP contribution in [-0.4, -0.2) is 29.5 Å². The summed E-state index contributed by atoms with van der Waals surface area (Å²) in [6.07, 6.45) is 1.28. The summed E-state index contributed by atoms with van der Waals surface area (Å²) in [5, 5.41) is 7.71. The van der Waals surface area contributed by atoms with Crippen molar-refractivity contribution in [3.8, 4) is 0 Å². The minimum atomic E-state index is -0.889. The number of rotatable bonds is 3. The van der Waals surface area contributed by atoms with Crippen LogP contribution in [0.25, 0.3) is 0 Å². The van der Waals surface area contributed by atoms with E-state index < -0.39 is 23.8 Å². The van der Waals surface area contributed by atoms with Gasteiger partial charge in [0, 0.05) is 0 Å². The first-order valence-electron chi connectivity index (χ1n) is 9.71. The number of para-hydroxylation sites is 1. The molecule has 31 heavy (non-hydrogen) atoms. The van der Waals surface area contributed by atoms with Gasteiger partial charge in [0.05, 0.1) is 23.0 Å². The summed E-state index contributed by atoms with van der Waals surface area (Å²) in [6, 6.07) is 13.2. The van der Waals surface area contributed by atoms with E-state index >= 15 is 0 Å². The van der Waals surface area contributed by atoms with Crippen LogP contribution in [0.1, 0.15) is 18.1 Å². The number of carbonyl (C=O) groups is 4. The maximum atomic E-state index is 13.1. The van der Waals surface area contributed by atoms with Crippen LogP contribution in [0.5, 0.6) is 0 Å². The first-order valence-corrected chi connectivity index (χ1v) is 9.71. The van der Waals surface area contributed by atoms with Gasteiger partial charge in [-0.15, -0.1) is 0 Å². The number of nitrogens with one attached hydrogen (secondary N) is 1. The second kappa shape index (κ2) is 7.64. The number of benzene rings is 2. The molecule has 1 N–H and O–H groups in total. The lowest BCUT2D eigenvalue weighted by Gasteiger charge is -2.27. The topological polar surface area (TPSA) is 99.2 Å². The Morgan fingerprint density at radius 1 is 0.903 bits per heavy atom. The lowest BCUT2D eigenvalue weighted by atomic mass is 9.98. The Morgan fingerprint density at radius 2 is 1.61 bits per heavy atom. The molecule has 2 aromatic carbocycles. The van der Waals surface area contributed by atoms with Gasteiger partial charge in [-0.2, -0.15) is 10.1 Å². The number of carbonyl (C=O) groups excluding carboxylic acids is 4. The van der Waals surface area contributed by atoms with Crippen LogP contribution in [0, 0.1) is 19.8 Å². The average molecular weight is 416 g/mol. The van der Waals surface area contributed by atoms with Crippen molar-refractivity contribution in [2.24, 2.45) is 11.0 Å². The average Bonchev–Trinajstić information content (AvgIpc) is 3.02. The molecule has 1 fully saturated rings. The highest BCUT2D eigenvalue weighted by atomic mass is 16.2. The molecule has 0 saturated carbocycles. The molecule has 2 aliphatic rings. The molecular weight excluding hydrogens is 396 g/mol. The van der Waals surface area contributed by atoms with Crippen molar-refractivity contribution in [1.82, 2.24) is 5.32 Å². The van der Waals surface area contributed by atoms with Crippen LogP contribution < -0.4 is 15.2 Å². The van der Waals surface area contributed by atoms with E-state index in [-0.39, 0.29) is 11.5 Å². The van der Waals surface area contributed by atoms with Crippen molar-refractivity contribution in [1.29, 1.82) is 0 Å². The SMILES string of the molecule is CC1=NN(c2ccccc2)C(=O)[C@H]1/C=C1\C(=O)NC(=O)N(c2ccc(C)c(C)c2)C1=O. The van der Waals surface area contributed by atoms with E-state index in [1.165, 1.54) is 11.1 Å². The molecule has 2 heterocycles. The fraction of sp³-hybridized carbons (Fsp3) is 0.174. The zero-order valence-electron chi connectivity index (χ0n) is 17.2. The molecule has 0 unspecified atom stereocenters. The summed E-state index contributed by atoms with van der Waals surface area (Å²) in [7, 11) is 0. The van der Waals surface area contributed by atoms with Crippen molar-refractivity contribution in [3.05, 3.63) is 71.3 Å². The van der Waals surface area contributed by atoms with Crippen LogP contribution in [0.4, 0.5) is 16.2 Å². The van der Waals surface area contributed by atoms with Gasteiger partial charge in [-0.1, -0.05) is 24.3 Å². The summed E-state index contributed by atoms with van der Waals surface area (Å²) < 4.78 is 0.